The van der Waals surface area contributed by atoms with Crippen LogP contribution in [0.2, 0.25) is 4.34 Å². The van der Waals surface area contributed by atoms with Gasteiger partial charge in [0.2, 0.25) is 0 Å². The van der Waals surface area contributed by atoms with Gasteiger partial charge in [-0.3, -0.25) is 4.79 Å². The van der Waals surface area contributed by atoms with Crippen LogP contribution < -0.4 is 9.47 Å². The van der Waals surface area contributed by atoms with E-state index >= 15 is 0 Å². The second-order valence-electron chi connectivity index (χ2n) is 4.68. The Hall–Kier alpha value is -1.30. The maximum absolute atomic E-state index is 12.1. The van der Waals surface area contributed by atoms with Crippen LogP contribution in [0.4, 0.5) is 0 Å². The first-order valence-corrected chi connectivity index (χ1v) is 9.02. The Balaban J connectivity index is 2.21. The molecule has 0 N–H and O–H groups in total. The predicted octanol–water partition coefficient (Wildman–Crippen LogP) is 5.86. The van der Waals surface area contributed by atoms with Crippen molar-refractivity contribution >= 4 is 50.7 Å². The van der Waals surface area contributed by atoms with Crippen LogP contribution in [0.1, 0.15) is 28.6 Å². The van der Waals surface area contributed by atoms with E-state index in [9.17, 15) is 4.79 Å². The van der Waals surface area contributed by atoms with E-state index in [-0.39, 0.29) is 5.78 Å². The summed E-state index contributed by atoms with van der Waals surface area (Å²) >= 11 is 10.6. The number of hydrogen-bond donors (Lipinski definition) is 0. The number of ether oxygens (including phenoxy) is 2. The lowest BCUT2D eigenvalue weighted by Crippen LogP contribution is -1.99. The van der Waals surface area contributed by atoms with Gasteiger partial charge in [-0.05, 0) is 58.3 Å². The van der Waals surface area contributed by atoms with Crippen LogP contribution in [0.5, 0.6) is 11.5 Å². The van der Waals surface area contributed by atoms with Gasteiger partial charge in [0, 0.05) is 0 Å². The van der Waals surface area contributed by atoms with E-state index in [1.165, 1.54) is 17.4 Å². The molecular weight excluding hydrogens is 400 g/mol. The molecule has 0 saturated heterocycles. The Kier molecular flexibility index (Phi) is 6.69. The molecule has 0 atom stereocenters. The predicted molar refractivity (Wildman–Crippen MR) is 99.2 cm³/mol. The summed E-state index contributed by atoms with van der Waals surface area (Å²) in [4.78, 5) is 12.7. The minimum atomic E-state index is -0.0803. The summed E-state index contributed by atoms with van der Waals surface area (Å²) in [6, 6.07) is 7.16. The van der Waals surface area contributed by atoms with E-state index in [0.29, 0.717) is 27.3 Å². The number of hydrogen-bond acceptors (Lipinski definition) is 4. The summed E-state index contributed by atoms with van der Waals surface area (Å²) in [6.07, 6.45) is 4.18. The lowest BCUT2D eigenvalue weighted by atomic mass is 10.1. The standard InChI is InChI=1S/C17H16BrClO3S/c1-3-8-22-17-12(18)9-11(10-14(17)21-2)4-5-13(20)15-6-7-16(19)23-15/h4-7,9-10H,3,8H2,1-2H3/b5-4+. The van der Waals surface area contributed by atoms with Gasteiger partial charge in [0.1, 0.15) is 0 Å². The normalized spacial score (nSPS) is 11.0. The quantitative estimate of drug-likeness (QED) is 0.420. The van der Waals surface area contributed by atoms with Gasteiger partial charge in [0.25, 0.3) is 0 Å². The van der Waals surface area contributed by atoms with Gasteiger partial charge in [0.15, 0.2) is 17.3 Å². The van der Waals surface area contributed by atoms with Crippen molar-refractivity contribution in [1.29, 1.82) is 0 Å². The molecule has 0 saturated carbocycles. The molecule has 0 fully saturated rings. The maximum Gasteiger partial charge on any atom is 0.195 e. The van der Waals surface area contributed by atoms with E-state index in [1.54, 1.807) is 25.3 Å². The number of benzene rings is 1. The van der Waals surface area contributed by atoms with Crippen molar-refractivity contribution in [1.82, 2.24) is 0 Å². The third-order valence-electron chi connectivity index (χ3n) is 2.95. The van der Waals surface area contributed by atoms with E-state index in [0.717, 1.165) is 16.5 Å². The molecule has 3 nitrogen and oxygen atoms in total. The molecule has 0 bridgehead atoms. The summed E-state index contributed by atoms with van der Waals surface area (Å²) in [5.74, 6) is 1.21. The number of allylic oxidation sites excluding steroid dienone is 1. The molecule has 0 aliphatic carbocycles. The van der Waals surface area contributed by atoms with Crippen LogP contribution in [-0.2, 0) is 0 Å². The Bertz CT molecular complexity index is 725. The first-order valence-electron chi connectivity index (χ1n) is 7.03. The van der Waals surface area contributed by atoms with E-state index in [2.05, 4.69) is 15.9 Å². The third kappa shape index (κ3) is 4.83. The van der Waals surface area contributed by atoms with Crippen LogP contribution in [0.25, 0.3) is 6.08 Å². The summed E-state index contributed by atoms with van der Waals surface area (Å²) in [6.45, 7) is 2.65. The monoisotopic (exact) mass is 414 g/mol. The molecule has 0 aliphatic heterocycles. The van der Waals surface area contributed by atoms with Crippen molar-refractivity contribution in [3.63, 3.8) is 0 Å². The Morgan fingerprint density at radius 2 is 2.17 bits per heavy atom. The minimum Gasteiger partial charge on any atom is -0.493 e. The molecule has 122 valence electrons. The number of carbonyl (C=O) groups is 1. The van der Waals surface area contributed by atoms with Gasteiger partial charge in [-0.1, -0.05) is 24.6 Å². The highest BCUT2D eigenvalue weighted by Gasteiger charge is 2.11. The van der Waals surface area contributed by atoms with Crippen molar-refractivity contribution in [2.45, 2.75) is 13.3 Å². The SMILES string of the molecule is CCCOc1c(Br)cc(/C=C/C(=O)c2ccc(Cl)s2)cc1OC. The molecule has 1 heterocycles. The van der Waals surface area contributed by atoms with Crippen molar-refractivity contribution in [2.24, 2.45) is 0 Å². The van der Waals surface area contributed by atoms with E-state index in [4.69, 9.17) is 21.1 Å². The minimum absolute atomic E-state index is 0.0803. The largest absolute Gasteiger partial charge is 0.493 e. The first kappa shape index (κ1) is 18.0. The van der Waals surface area contributed by atoms with Crippen molar-refractivity contribution in [2.75, 3.05) is 13.7 Å². The molecule has 2 rings (SSSR count). The van der Waals surface area contributed by atoms with Crippen LogP contribution in [0, 0.1) is 0 Å². The topological polar surface area (TPSA) is 35.5 Å². The molecule has 0 amide bonds. The molecule has 0 aliphatic rings. The molecule has 0 unspecified atom stereocenters. The number of carbonyl (C=O) groups excluding carboxylic acids is 1. The zero-order valence-electron chi connectivity index (χ0n) is 12.8. The fourth-order valence-electron chi connectivity index (χ4n) is 1.88. The first-order chi connectivity index (χ1) is 11.0. The van der Waals surface area contributed by atoms with Crippen LogP contribution >= 0.6 is 38.9 Å². The lowest BCUT2D eigenvalue weighted by molar-refractivity contribution is 0.105. The van der Waals surface area contributed by atoms with Crippen molar-refractivity contribution in [3.8, 4) is 11.5 Å². The molecule has 0 radical (unpaired) electrons. The fourth-order valence-corrected chi connectivity index (χ4v) is 3.42. The number of methoxy groups -OCH3 is 1. The van der Waals surface area contributed by atoms with Gasteiger partial charge in [-0.2, -0.15) is 0 Å². The van der Waals surface area contributed by atoms with Crippen LogP contribution in [0.3, 0.4) is 0 Å². The van der Waals surface area contributed by atoms with Crippen molar-refractivity contribution in [3.05, 3.63) is 49.6 Å². The highest BCUT2D eigenvalue weighted by molar-refractivity contribution is 9.10. The molecule has 1 aromatic carbocycles. The Morgan fingerprint density at radius 1 is 1.39 bits per heavy atom. The second kappa shape index (κ2) is 8.52. The molecule has 23 heavy (non-hydrogen) atoms. The van der Waals surface area contributed by atoms with Crippen LogP contribution in [-0.4, -0.2) is 19.5 Å². The zero-order chi connectivity index (χ0) is 16.8. The van der Waals surface area contributed by atoms with Crippen molar-refractivity contribution < 1.29 is 14.3 Å². The van der Waals surface area contributed by atoms with Gasteiger partial charge in [-0.25, -0.2) is 0 Å². The average molecular weight is 416 g/mol. The lowest BCUT2D eigenvalue weighted by Gasteiger charge is -2.12. The second-order valence-corrected chi connectivity index (χ2v) is 7.25. The molecular formula is C17H16BrClO3S. The van der Waals surface area contributed by atoms with Crippen LogP contribution in [0.15, 0.2) is 34.8 Å². The van der Waals surface area contributed by atoms with Gasteiger partial charge < -0.3 is 9.47 Å². The average Bonchev–Trinajstić information content (AvgIpc) is 2.97. The van der Waals surface area contributed by atoms with Gasteiger partial charge in [0.05, 0.1) is 27.4 Å². The zero-order valence-corrected chi connectivity index (χ0v) is 15.9. The summed E-state index contributed by atoms with van der Waals surface area (Å²) in [7, 11) is 1.59. The van der Waals surface area contributed by atoms with E-state index in [1.807, 2.05) is 19.1 Å². The van der Waals surface area contributed by atoms with Gasteiger partial charge >= 0.3 is 0 Å². The number of rotatable bonds is 7. The highest BCUT2D eigenvalue weighted by atomic mass is 79.9. The Morgan fingerprint density at radius 3 is 2.78 bits per heavy atom. The smallest absolute Gasteiger partial charge is 0.195 e. The highest BCUT2D eigenvalue weighted by Crippen LogP contribution is 2.37. The molecule has 6 heteroatoms. The fraction of sp³-hybridized carbons (Fsp3) is 0.235. The number of halogens is 2. The number of ketones is 1. The summed E-state index contributed by atoms with van der Waals surface area (Å²) < 4.78 is 12.4. The summed E-state index contributed by atoms with van der Waals surface area (Å²) in [5.41, 5.74) is 0.841. The van der Waals surface area contributed by atoms with E-state index < -0.39 is 0 Å². The Labute approximate surface area is 153 Å². The molecule has 1 aromatic heterocycles. The summed E-state index contributed by atoms with van der Waals surface area (Å²) in [5, 5.41) is 0. The third-order valence-corrected chi connectivity index (χ3v) is 4.78. The molecule has 0 spiro atoms. The molecule has 2 aromatic rings. The van der Waals surface area contributed by atoms with Gasteiger partial charge in [-0.15, -0.1) is 11.3 Å². The number of thiophene rings is 1. The maximum atomic E-state index is 12.1.